The smallest absolute Gasteiger partial charge is 0.0492 e. The molecule has 0 amide bonds. The van der Waals surface area contributed by atoms with Crippen molar-refractivity contribution in [2.24, 2.45) is 0 Å². The molecule has 1 rings (SSSR count). The number of aryl methyl sites for hydroxylation is 1. The van der Waals surface area contributed by atoms with Crippen molar-refractivity contribution in [1.29, 1.82) is 0 Å². The van der Waals surface area contributed by atoms with Crippen LogP contribution in [0.5, 0.6) is 0 Å². The minimum absolute atomic E-state index is 0.884. The first-order valence-corrected chi connectivity index (χ1v) is 6.75. The van der Waals surface area contributed by atoms with Crippen LogP contribution in [-0.2, 0) is 11.9 Å². The molecule has 0 N–H and O–H groups in total. The minimum Gasteiger partial charge on any atom is -0.269 e. The average molecular weight is 312 g/mol. The molecule has 0 aromatic carbocycles. The van der Waals surface area contributed by atoms with E-state index in [1.54, 1.807) is 0 Å². The Morgan fingerprint density at radius 1 is 1.38 bits per heavy atom. The van der Waals surface area contributed by atoms with Crippen LogP contribution < -0.4 is 0 Å². The third-order valence-electron chi connectivity index (χ3n) is 1.44. The Morgan fingerprint density at radius 3 is 2.62 bits per heavy atom. The summed E-state index contributed by atoms with van der Waals surface area (Å²) in [5.74, 6) is 0. The van der Waals surface area contributed by atoms with Crippen LogP contribution in [0.3, 0.4) is 0 Å². The molecule has 2 nitrogen and oxygen atoms in total. The van der Waals surface area contributed by atoms with E-state index in [4.69, 9.17) is 0 Å². The Hall–Kier alpha value is 0.170. The second-order valence-corrected chi connectivity index (χ2v) is 3.58. The summed E-state index contributed by atoms with van der Waals surface area (Å²) in [6.45, 7) is 5.00. The molecule has 0 aliphatic carbocycles. The van der Waals surface area contributed by atoms with Gasteiger partial charge in [0, 0.05) is 29.1 Å². The van der Waals surface area contributed by atoms with Crippen LogP contribution >= 0.6 is 31.9 Å². The fourth-order valence-corrected chi connectivity index (χ4v) is 1.61. The van der Waals surface area contributed by atoms with E-state index in [9.17, 15) is 0 Å². The van der Waals surface area contributed by atoms with E-state index in [1.807, 2.05) is 30.8 Å². The van der Waals surface area contributed by atoms with E-state index in [2.05, 4.69) is 37.0 Å². The van der Waals surface area contributed by atoms with E-state index in [1.165, 1.54) is 5.69 Å². The van der Waals surface area contributed by atoms with Crippen molar-refractivity contribution >= 4 is 31.9 Å². The van der Waals surface area contributed by atoms with E-state index >= 15 is 0 Å². The molecule has 0 radical (unpaired) electrons. The standard InChI is InChI=1S/C7H10Br2N2.C2H6/c8-3-1-5-11-7(6-9)2-4-10-11;1-2/h2,4H,1,3,5-6H2;1-2H3. The zero-order valence-electron chi connectivity index (χ0n) is 8.13. The van der Waals surface area contributed by atoms with Gasteiger partial charge in [0.25, 0.3) is 0 Å². The number of nitrogens with zero attached hydrogens (tertiary/aromatic N) is 2. The maximum atomic E-state index is 4.19. The third-order valence-corrected chi connectivity index (χ3v) is 2.58. The van der Waals surface area contributed by atoms with Crippen molar-refractivity contribution in [2.45, 2.75) is 32.1 Å². The van der Waals surface area contributed by atoms with Crippen LogP contribution in [0.4, 0.5) is 0 Å². The summed E-state index contributed by atoms with van der Waals surface area (Å²) in [7, 11) is 0. The van der Waals surface area contributed by atoms with Crippen molar-refractivity contribution in [1.82, 2.24) is 9.78 Å². The Morgan fingerprint density at radius 2 is 2.08 bits per heavy atom. The maximum Gasteiger partial charge on any atom is 0.0492 e. The number of hydrogen-bond acceptors (Lipinski definition) is 1. The molecule has 76 valence electrons. The first kappa shape index (κ1) is 13.2. The molecule has 1 heterocycles. The van der Waals surface area contributed by atoms with Gasteiger partial charge in [0.15, 0.2) is 0 Å². The lowest BCUT2D eigenvalue weighted by molar-refractivity contribution is 0.590. The van der Waals surface area contributed by atoms with Gasteiger partial charge in [0.05, 0.1) is 0 Å². The van der Waals surface area contributed by atoms with Crippen molar-refractivity contribution in [3.63, 3.8) is 0 Å². The average Bonchev–Trinajstić information content (AvgIpc) is 2.65. The van der Waals surface area contributed by atoms with Gasteiger partial charge in [-0.1, -0.05) is 45.7 Å². The van der Waals surface area contributed by atoms with Gasteiger partial charge in [0.1, 0.15) is 0 Å². The fourth-order valence-electron chi connectivity index (χ4n) is 0.884. The molecule has 0 fully saturated rings. The molecule has 0 saturated carbocycles. The second-order valence-electron chi connectivity index (χ2n) is 2.22. The van der Waals surface area contributed by atoms with Crippen LogP contribution in [0.2, 0.25) is 0 Å². The highest BCUT2D eigenvalue weighted by Gasteiger charge is 1.98. The van der Waals surface area contributed by atoms with E-state index in [0.717, 1.165) is 23.6 Å². The third kappa shape index (κ3) is 4.81. The molecule has 0 unspecified atom stereocenters. The molecule has 0 aliphatic heterocycles. The van der Waals surface area contributed by atoms with Gasteiger partial charge in [-0.25, -0.2) is 0 Å². The lowest BCUT2D eigenvalue weighted by Gasteiger charge is -2.02. The molecule has 4 heteroatoms. The molecule has 0 saturated heterocycles. The van der Waals surface area contributed by atoms with E-state index < -0.39 is 0 Å². The molecule has 1 aromatic rings. The molecule has 13 heavy (non-hydrogen) atoms. The number of hydrogen-bond donors (Lipinski definition) is 0. The zero-order chi connectivity index (χ0) is 10.1. The summed E-state index contributed by atoms with van der Waals surface area (Å²) in [5.41, 5.74) is 1.24. The summed E-state index contributed by atoms with van der Waals surface area (Å²) in [6.07, 6.45) is 2.96. The Labute approximate surface area is 97.0 Å². The summed E-state index contributed by atoms with van der Waals surface area (Å²) in [4.78, 5) is 0. The summed E-state index contributed by atoms with van der Waals surface area (Å²) in [5, 5.41) is 6.11. The first-order chi connectivity index (χ1) is 6.38. The van der Waals surface area contributed by atoms with E-state index in [0.29, 0.717) is 0 Å². The Kier molecular flexibility index (Phi) is 8.87. The lowest BCUT2D eigenvalue weighted by Crippen LogP contribution is -2.03. The predicted molar refractivity (Wildman–Crippen MR) is 64.6 cm³/mol. The van der Waals surface area contributed by atoms with Crippen LogP contribution in [-0.4, -0.2) is 15.1 Å². The van der Waals surface area contributed by atoms with Gasteiger partial charge >= 0.3 is 0 Å². The maximum absolute atomic E-state index is 4.19. The minimum atomic E-state index is 0.884. The summed E-state index contributed by atoms with van der Waals surface area (Å²) in [6, 6.07) is 2.03. The predicted octanol–water partition coefficient (Wildman–Crippen LogP) is 3.59. The molecular formula is C9H16Br2N2. The number of alkyl halides is 2. The fraction of sp³-hybridized carbons (Fsp3) is 0.667. The number of aromatic nitrogens is 2. The van der Waals surface area contributed by atoms with Crippen LogP contribution in [0.15, 0.2) is 12.3 Å². The topological polar surface area (TPSA) is 17.8 Å². The number of rotatable bonds is 4. The Bertz CT molecular complexity index is 211. The highest BCUT2D eigenvalue weighted by Crippen LogP contribution is 2.05. The Balaban J connectivity index is 0.000000671. The highest BCUT2D eigenvalue weighted by atomic mass is 79.9. The van der Waals surface area contributed by atoms with Crippen molar-refractivity contribution < 1.29 is 0 Å². The van der Waals surface area contributed by atoms with Crippen LogP contribution in [0.25, 0.3) is 0 Å². The quantitative estimate of drug-likeness (QED) is 0.777. The molecule has 1 aromatic heterocycles. The summed E-state index contributed by atoms with van der Waals surface area (Å²) < 4.78 is 2.02. The largest absolute Gasteiger partial charge is 0.269 e. The van der Waals surface area contributed by atoms with Gasteiger partial charge in [0.2, 0.25) is 0 Å². The van der Waals surface area contributed by atoms with Crippen molar-refractivity contribution in [3.8, 4) is 0 Å². The zero-order valence-corrected chi connectivity index (χ0v) is 11.3. The lowest BCUT2D eigenvalue weighted by atomic mass is 10.4. The molecular weight excluding hydrogens is 296 g/mol. The van der Waals surface area contributed by atoms with Gasteiger partial charge in [-0.2, -0.15) is 5.10 Å². The molecule has 0 bridgehead atoms. The van der Waals surface area contributed by atoms with Crippen molar-refractivity contribution in [3.05, 3.63) is 18.0 Å². The van der Waals surface area contributed by atoms with Crippen LogP contribution in [0, 0.1) is 0 Å². The normalized spacial score (nSPS) is 9.23. The van der Waals surface area contributed by atoms with Gasteiger partial charge in [-0.3, -0.25) is 4.68 Å². The van der Waals surface area contributed by atoms with Crippen LogP contribution in [0.1, 0.15) is 26.0 Å². The van der Waals surface area contributed by atoms with E-state index in [-0.39, 0.29) is 0 Å². The first-order valence-electron chi connectivity index (χ1n) is 4.51. The number of halogens is 2. The van der Waals surface area contributed by atoms with Gasteiger partial charge in [-0.15, -0.1) is 0 Å². The highest BCUT2D eigenvalue weighted by molar-refractivity contribution is 9.09. The van der Waals surface area contributed by atoms with Gasteiger partial charge < -0.3 is 0 Å². The second kappa shape index (κ2) is 8.75. The monoisotopic (exact) mass is 310 g/mol. The van der Waals surface area contributed by atoms with Gasteiger partial charge in [-0.05, 0) is 12.5 Å². The molecule has 0 aliphatic rings. The summed E-state index contributed by atoms with van der Waals surface area (Å²) >= 11 is 6.80. The molecule has 0 spiro atoms. The SMILES string of the molecule is BrCCCn1nccc1CBr.CC. The van der Waals surface area contributed by atoms with Crippen molar-refractivity contribution in [2.75, 3.05) is 5.33 Å². The molecule has 0 atom stereocenters.